The number of para-hydroxylation sites is 1. The second kappa shape index (κ2) is 7.88. The normalized spacial score (nSPS) is 10.5. The summed E-state index contributed by atoms with van der Waals surface area (Å²) in [6.07, 6.45) is 0. The van der Waals surface area contributed by atoms with Gasteiger partial charge < -0.3 is 4.74 Å². The maximum Gasteiger partial charge on any atom is 0.276 e. The molecule has 5 heteroatoms. The highest BCUT2D eigenvalue weighted by Gasteiger charge is 2.12. The van der Waals surface area contributed by atoms with E-state index < -0.39 is 0 Å². The van der Waals surface area contributed by atoms with E-state index in [2.05, 4.69) is 24.7 Å². The SMILES string of the molecule is Cc1cc(OCC(=O)NNc2ccccc2)c(C(C)C)cc1Cl. The lowest BCUT2D eigenvalue weighted by Crippen LogP contribution is -2.33. The van der Waals surface area contributed by atoms with Gasteiger partial charge in [-0.05, 0) is 48.2 Å². The molecule has 2 N–H and O–H groups in total. The average Bonchev–Trinajstić information content (AvgIpc) is 2.54. The van der Waals surface area contributed by atoms with Gasteiger partial charge in [0, 0.05) is 5.02 Å². The Morgan fingerprint density at radius 2 is 1.91 bits per heavy atom. The van der Waals surface area contributed by atoms with Gasteiger partial charge in [0.2, 0.25) is 0 Å². The Bertz CT molecular complexity index is 672. The highest BCUT2D eigenvalue weighted by molar-refractivity contribution is 6.31. The van der Waals surface area contributed by atoms with Gasteiger partial charge >= 0.3 is 0 Å². The third kappa shape index (κ3) is 4.89. The lowest BCUT2D eigenvalue weighted by atomic mass is 10.0. The number of carbonyl (C=O) groups is 1. The molecule has 0 aliphatic heterocycles. The molecule has 0 bridgehead atoms. The number of halogens is 1. The third-order valence-corrected chi connectivity index (χ3v) is 3.80. The first-order chi connectivity index (χ1) is 11.0. The number of amides is 1. The first-order valence-corrected chi connectivity index (χ1v) is 7.88. The van der Waals surface area contributed by atoms with Crippen LogP contribution in [0.15, 0.2) is 42.5 Å². The van der Waals surface area contributed by atoms with Crippen LogP contribution in [0.4, 0.5) is 5.69 Å². The van der Waals surface area contributed by atoms with Crippen LogP contribution in [0.1, 0.15) is 30.9 Å². The number of carbonyl (C=O) groups excluding carboxylic acids is 1. The van der Waals surface area contributed by atoms with Crippen molar-refractivity contribution in [2.45, 2.75) is 26.7 Å². The largest absolute Gasteiger partial charge is 0.483 e. The van der Waals surface area contributed by atoms with Crippen LogP contribution in [-0.2, 0) is 4.79 Å². The minimum absolute atomic E-state index is 0.0688. The van der Waals surface area contributed by atoms with Crippen molar-refractivity contribution in [2.75, 3.05) is 12.0 Å². The van der Waals surface area contributed by atoms with E-state index in [1.165, 1.54) is 0 Å². The maximum atomic E-state index is 11.9. The summed E-state index contributed by atoms with van der Waals surface area (Å²) in [5, 5.41) is 0.705. The fraction of sp³-hybridized carbons (Fsp3) is 0.278. The van der Waals surface area contributed by atoms with Gasteiger partial charge in [0.05, 0.1) is 5.69 Å². The van der Waals surface area contributed by atoms with Gasteiger partial charge in [-0.1, -0.05) is 43.6 Å². The molecule has 0 saturated carbocycles. The number of anilines is 1. The summed E-state index contributed by atoms with van der Waals surface area (Å²) >= 11 is 6.17. The van der Waals surface area contributed by atoms with E-state index in [-0.39, 0.29) is 18.4 Å². The van der Waals surface area contributed by atoms with E-state index in [0.29, 0.717) is 10.8 Å². The van der Waals surface area contributed by atoms with E-state index in [0.717, 1.165) is 16.8 Å². The van der Waals surface area contributed by atoms with Gasteiger partial charge in [-0.15, -0.1) is 0 Å². The molecule has 0 aromatic heterocycles. The molecule has 0 spiro atoms. The Morgan fingerprint density at radius 1 is 1.22 bits per heavy atom. The zero-order chi connectivity index (χ0) is 16.8. The van der Waals surface area contributed by atoms with Crippen LogP contribution >= 0.6 is 11.6 Å². The topological polar surface area (TPSA) is 50.4 Å². The van der Waals surface area contributed by atoms with Crippen LogP contribution in [0.2, 0.25) is 5.02 Å². The van der Waals surface area contributed by atoms with Crippen molar-refractivity contribution in [3.8, 4) is 5.75 Å². The monoisotopic (exact) mass is 332 g/mol. The summed E-state index contributed by atoms with van der Waals surface area (Å²) in [5.74, 6) is 0.696. The van der Waals surface area contributed by atoms with Gasteiger partial charge in [-0.25, -0.2) is 0 Å². The summed E-state index contributed by atoms with van der Waals surface area (Å²) in [4.78, 5) is 11.9. The zero-order valence-electron chi connectivity index (χ0n) is 13.5. The highest BCUT2D eigenvalue weighted by atomic mass is 35.5. The number of aryl methyl sites for hydroxylation is 1. The Balaban J connectivity index is 1.95. The molecule has 0 saturated heterocycles. The van der Waals surface area contributed by atoms with Crippen molar-refractivity contribution in [1.29, 1.82) is 0 Å². The number of hydrogen-bond acceptors (Lipinski definition) is 3. The smallest absolute Gasteiger partial charge is 0.276 e. The van der Waals surface area contributed by atoms with Crippen molar-refractivity contribution in [3.63, 3.8) is 0 Å². The zero-order valence-corrected chi connectivity index (χ0v) is 14.3. The van der Waals surface area contributed by atoms with E-state index in [9.17, 15) is 4.79 Å². The second-order valence-electron chi connectivity index (χ2n) is 5.62. The fourth-order valence-corrected chi connectivity index (χ4v) is 2.26. The molecule has 1 amide bonds. The van der Waals surface area contributed by atoms with E-state index in [4.69, 9.17) is 16.3 Å². The van der Waals surface area contributed by atoms with Crippen LogP contribution < -0.4 is 15.6 Å². The van der Waals surface area contributed by atoms with Gasteiger partial charge in [0.25, 0.3) is 5.91 Å². The van der Waals surface area contributed by atoms with Gasteiger partial charge in [0.1, 0.15) is 5.75 Å². The molecular weight excluding hydrogens is 312 g/mol. The number of rotatable bonds is 6. The van der Waals surface area contributed by atoms with Crippen LogP contribution in [0.5, 0.6) is 5.75 Å². The van der Waals surface area contributed by atoms with Crippen LogP contribution in [0.25, 0.3) is 0 Å². The summed E-state index contributed by atoms with van der Waals surface area (Å²) in [6, 6.07) is 13.2. The Kier molecular flexibility index (Phi) is 5.88. The summed E-state index contributed by atoms with van der Waals surface area (Å²) in [7, 11) is 0. The third-order valence-electron chi connectivity index (χ3n) is 3.39. The van der Waals surface area contributed by atoms with Crippen molar-refractivity contribution >= 4 is 23.2 Å². The van der Waals surface area contributed by atoms with Gasteiger partial charge in [-0.2, -0.15) is 0 Å². The van der Waals surface area contributed by atoms with Crippen molar-refractivity contribution in [2.24, 2.45) is 0 Å². The Morgan fingerprint density at radius 3 is 2.57 bits per heavy atom. The molecule has 2 aromatic carbocycles. The molecule has 0 heterocycles. The molecule has 2 rings (SSSR count). The number of nitrogens with one attached hydrogen (secondary N) is 2. The average molecular weight is 333 g/mol. The number of ether oxygens (including phenoxy) is 1. The summed E-state index contributed by atoms with van der Waals surface area (Å²) in [6.45, 7) is 5.97. The number of hydrazine groups is 1. The van der Waals surface area contributed by atoms with Gasteiger partial charge in [0.15, 0.2) is 6.61 Å². The predicted octanol–water partition coefficient (Wildman–Crippen LogP) is 4.29. The van der Waals surface area contributed by atoms with Crippen molar-refractivity contribution in [1.82, 2.24) is 5.43 Å². The molecule has 0 fully saturated rings. The first kappa shape index (κ1) is 17.2. The molecule has 0 aliphatic rings. The molecule has 122 valence electrons. The quantitative estimate of drug-likeness (QED) is 0.776. The van der Waals surface area contributed by atoms with Gasteiger partial charge in [-0.3, -0.25) is 15.6 Å². The molecule has 0 unspecified atom stereocenters. The highest BCUT2D eigenvalue weighted by Crippen LogP contribution is 2.31. The molecule has 4 nitrogen and oxygen atoms in total. The first-order valence-electron chi connectivity index (χ1n) is 7.50. The minimum atomic E-state index is -0.254. The molecule has 0 atom stereocenters. The molecule has 0 aliphatic carbocycles. The summed E-state index contributed by atoms with van der Waals surface area (Å²) in [5.41, 5.74) is 8.17. The number of hydrogen-bond donors (Lipinski definition) is 2. The Hall–Kier alpha value is -2.20. The van der Waals surface area contributed by atoms with Crippen molar-refractivity contribution < 1.29 is 9.53 Å². The fourth-order valence-electron chi connectivity index (χ4n) is 2.09. The van der Waals surface area contributed by atoms with E-state index in [1.54, 1.807) is 0 Å². The molecule has 0 radical (unpaired) electrons. The van der Waals surface area contributed by atoms with Crippen LogP contribution in [0, 0.1) is 6.92 Å². The molecule has 2 aromatic rings. The maximum absolute atomic E-state index is 11.9. The van der Waals surface area contributed by atoms with Crippen molar-refractivity contribution in [3.05, 3.63) is 58.6 Å². The molecular formula is C18H21ClN2O2. The second-order valence-corrected chi connectivity index (χ2v) is 6.03. The van der Waals surface area contributed by atoms with E-state index in [1.807, 2.05) is 49.4 Å². The van der Waals surface area contributed by atoms with Crippen LogP contribution in [-0.4, -0.2) is 12.5 Å². The standard InChI is InChI=1S/C18H21ClN2O2/c1-12(2)15-10-16(19)13(3)9-17(15)23-11-18(22)21-20-14-7-5-4-6-8-14/h4-10,12,20H,11H2,1-3H3,(H,21,22). The summed E-state index contributed by atoms with van der Waals surface area (Å²) < 4.78 is 5.67. The van der Waals surface area contributed by atoms with Crippen LogP contribution in [0.3, 0.4) is 0 Å². The predicted molar refractivity (Wildman–Crippen MR) is 94.0 cm³/mol. The lowest BCUT2D eigenvalue weighted by Gasteiger charge is -2.16. The minimum Gasteiger partial charge on any atom is -0.483 e. The molecule has 23 heavy (non-hydrogen) atoms. The lowest BCUT2D eigenvalue weighted by molar-refractivity contribution is -0.122. The Labute approximate surface area is 141 Å². The number of benzene rings is 2. The van der Waals surface area contributed by atoms with E-state index >= 15 is 0 Å².